The maximum Gasteiger partial charge on any atom is 0.165 e. The molecule has 0 N–H and O–H groups in total. The Morgan fingerprint density at radius 1 is 1.43 bits per heavy atom. The van der Waals surface area contributed by atoms with E-state index in [9.17, 15) is 4.79 Å². The van der Waals surface area contributed by atoms with Gasteiger partial charge in [-0.2, -0.15) is 0 Å². The minimum Gasteiger partial charge on any atom is -0.376 e. The number of rotatable bonds is 5. The van der Waals surface area contributed by atoms with Crippen molar-refractivity contribution >= 4 is 29.0 Å². The second-order valence-corrected chi connectivity index (χ2v) is 6.26. The Balaban J connectivity index is 1.98. The average molecular weight is 330 g/mol. The van der Waals surface area contributed by atoms with Crippen LogP contribution in [0.2, 0.25) is 10.0 Å². The van der Waals surface area contributed by atoms with Crippen molar-refractivity contribution in [3.05, 3.63) is 33.8 Å². The van der Waals surface area contributed by atoms with Gasteiger partial charge in [-0.1, -0.05) is 36.2 Å². The molecule has 2 unspecified atom stereocenters. The topological polar surface area (TPSA) is 29.5 Å². The number of hydrogen-bond acceptors (Lipinski definition) is 3. The molecule has 0 bridgehead atoms. The Kier molecular flexibility index (Phi) is 6.06. The Bertz CT molecular complexity index is 507. The summed E-state index contributed by atoms with van der Waals surface area (Å²) in [5, 5.41) is 0.778. The molecule has 3 nitrogen and oxygen atoms in total. The molecule has 1 aliphatic heterocycles. The smallest absolute Gasteiger partial charge is 0.165 e. The molecule has 0 radical (unpaired) electrons. The zero-order chi connectivity index (χ0) is 15.4. The largest absolute Gasteiger partial charge is 0.376 e. The second kappa shape index (κ2) is 7.59. The number of Topliss-reactive ketones (excluding diaryl/α,β-unsaturated/α-hetero) is 1. The summed E-state index contributed by atoms with van der Waals surface area (Å²) in [7, 11) is 0. The van der Waals surface area contributed by atoms with Gasteiger partial charge in [0.1, 0.15) is 0 Å². The molecule has 0 aromatic heterocycles. The van der Waals surface area contributed by atoms with Crippen LogP contribution < -0.4 is 0 Å². The van der Waals surface area contributed by atoms with Crippen molar-refractivity contribution in [2.45, 2.75) is 38.8 Å². The summed E-state index contributed by atoms with van der Waals surface area (Å²) in [5.74, 6) is 0.0384. The van der Waals surface area contributed by atoms with Crippen molar-refractivity contribution < 1.29 is 9.53 Å². The van der Waals surface area contributed by atoms with Crippen LogP contribution in [0.1, 0.15) is 37.0 Å². The van der Waals surface area contributed by atoms with Crippen molar-refractivity contribution in [1.29, 1.82) is 0 Å². The van der Waals surface area contributed by atoms with E-state index in [1.165, 1.54) is 0 Å². The average Bonchev–Trinajstić information content (AvgIpc) is 2.47. The minimum absolute atomic E-state index is 0.0384. The number of carbonyl (C=O) groups is 1. The fourth-order valence-corrected chi connectivity index (χ4v) is 3.07. The molecule has 2 atom stereocenters. The molecule has 0 spiro atoms. The summed E-state index contributed by atoms with van der Waals surface area (Å²) in [6, 6.07) is 5.57. The van der Waals surface area contributed by atoms with Crippen molar-refractivity contribution in [1.82, 2.24) is 4.90 Å². The fraction of sp³-hybridized carbons (Fsp3) is 0.562. The highest BCUT2D eigenvalue weighted by Crippen LogP contribution is 2.26. The van der Waals surface area contributed by atoms with Crippen molar-refractivity contribution in [2.24, 2.45) is 0 Å². The number of hydrogen-bond donors (Lipinski definition) is 0. The lowest BCUT2D eigenvalue weighted by atomic mass is 10.1. The number of carbonyl (C=O) groups excluding carboxylic acids is 1. The summed E-state index contributed by atoms with van der Waals surface area (Å²) < 4.78 is 5.67. The van der Waals surface area contributed by atoms with E-state index in [1.54, 1.807) is 18.2 Å². The molecule has 1 aliphatic rings. The molecule has 0 saturated carbocycles. The van der Waals surface area contributed by atoms with E-state index in [-0.39, 0.29) is 11.9 Å². The summed E-state index contributed by atoms with van der Waals surface area (Å²) in [5.41, 5.74) is 0.513. The van der Waals surface area contributed by atoms with E-state index >= 15 is 0 Å². The van der Waals surface area contributed by atoms with E-state index in [4.69, 9.17) is 27.9 Å². The predicted octanol–water partition coefficient (Wildman–Crippen LogP) is 4.07. The number of benzene rings is 1. The van der Waals surface area contributed by atoms with Gasteiger partial charge in [0.05, 0.1) is 22.8 Å². The highest BCUT2D eigenvalue weighted by Gasteiger charge is 2.26. The van der Waals surface area contributed by atoms with Crippen LogP contribution in [0.5, 0.6) is 0 Å². The Morgan fingerprint density at radius 3 is 2.90 bits per heavy atom. The van der Waals surface area contributed by atoms with E-state index < -0.39 is 0 Å². The molecule has 1 saturated heterocycles. The van der Waals surface area contributed by atoms with Gasteiger partial charge in [-0.25, -0.2) is 0 Å². The van der Waals surface area contributed by atoms with Crippen LogP contribution in [0.4, 0.5) is 0 Å². The zero-order valence-electron chi connectivity index (χ0n) is 12.4. The number of ketones is 1. The van der Waals surface area contributed by atoms with Gasteiger partial charge in [-0.3, -0.25) is 9.69 Å². The predicted molar refractivity (Wildman–Crippen MR) is 86.5 cm³/mol. The maximum atomic E-state index is 12.3. The fourth-order valence-electron chi connectivity index (χ4n) is 2.66. The number of morpholine rings is 1. The Hall–Kier alpha value is -0.610. The molecule has 1 fully saturated rings. The quantitative estimate of drug-likeness (QED) is 0.763. The lowest BCUT2D eigenvalue weighted by Crippen LogP contribution is -2.49. The van der Waals surface area contributed by atoms with Gasteiger partial charge >= 0.3 is 0 Å². The second-order valence-electron chi connectivity index (χ2n) is 5.48. The van der Waals surface area contributed by atoms with Gasteiger partial charge in [-0.05, 0) is 25.5 Å². The van der Waals surface area contributed by atoms with Gasteiger partial charge in [-0.15, -0.1) is 0 Å². The lowest BCUT2D eigenvalue weighted by molar-refractivity contribution is -0.0553. The number of nitrogens with zero attached hydrogens (tertiary/aromatic N) is 1. The van der Waals surface area contributed by atoms with E-state index in [1.807, 2.05) is 0 Å². The van der Waals surface area contributed by atoms with Gasteiger partial charge < -0.3 is 4.74 Å². The third-order valence-electron chi connectivity index (χ3n) is 3.93. The van der Waals surface area contributed by atoms with Gasteiger partial charge in [0, 0.05) is 31.1 Å². The highest BCUT2D eigenvalue weighted by atomic mass is 35.5. The van der Waals surface area contributed by atoms with Crippen molar-refractivity contribution in [3.63, 3.8) is 0 Å². The normalized spacial score (nSPS) is 23.2. The van der Waals surface area contributed by atoms with Crippen LogP contribution >= 0.6 is 23.2 Å². The van der Waals surface area contributed by atoms with Gasteiger partial charge in [0.25, 0.3) is 0 Å². The molecule has 1 aromatic rings. The van der Waals surface area contributed by atoms with Gasteiger partial charge in [0.2, 0.25) is 0 Å². The van der Waals surface area contributed by atoms with Crippen LogP contribution in [-0.2, 0) is 4.74 Å². The van der Waals surface area contributed by atoms with Crippen LogP contribution in [0.25, 0.3) is 0 Å². The van der Waals surface area contributed by atoms with E-state index in [2.05, 4.69) is 18.7 Å². The summed E-state index contributed by atoms with van der Waals surface area (Å²) in [4.78, 5) is 14.7. The molecule has 1 aromatic carbocycles. The van der Waals surface area contributed by atoms with Crippen LogP contribution in [0, 0.1) is 0 Å². The minimum atomic E-state index is 0.0384. The number of ether oxygens (including phenoxy) is 1. The van der Waals surface area contributed by atoms with Crippen LogP contribution in [0.3, 0.4) is 0 Å². The first kappa shape index (κ1) is 16.8. The molecule has 0 aliphatic carbocycles. The molecular weight excluding hydrogens is 309 g/mol. The van der Waals surface area contributed by atoms with Crippen molar-refractivity contribution in [2.75, 3.05) is 19.7 Å². The summed E-state index contributed by atoms with van der Waals surface area (Å²) in [6.07, 6.45) is 1.69. The molecule has 21 heavy (non-hydrogen) atoms. The monoisotopic (exact) mass is 329 g/mol. The standard InChI is InChI=1S/C16H21Cl2NO2/c1-3-12-10-21-11(2)9-19(12)8-7-15(20)13-5-4-6-14(17)16(13)18/h4-6,11-12H,3,7-10H2,1-2H3. The zero-order valence-corrected chi connectivity index (χ0v) is 14.0. The van der Waals surface area contributed by atoms with E-state index in [0.29, 0.717) is 28.1 Å². The molecular formula is C16H21Cl2NO2. The van der Waals surface area contributed by atoms with E-state index in [0.717, 1.165) is 26.1 Å². The van der Waals surface area contributed by atoms with Crippen LogP contribution in [-0.4, -0.2) is 42.5 Å². The molecule has 2 rings (SSSR count). The molecule has 1 heterocycles. The first-order valence-corrected chi connectivity index (χ1v) is 8.11. The summed E-state index contributed by atoms with van der Waals surface area (Å²) >= 11 is 12.1. The summed E-state index contributed by atoms with van der Waals surface area (Å²) in [6.45, 7) is 6.55. The third kappa shape index (κ3) is 4.19. The SMILES string of the molecule is CCC1COC(C)CN1CCC(=O)c1cccc(Cl)c1Cl. The maximum absolute atomic E-state index is 12.3. The molecule has 116 valence electrons. The molecule has 5 heteroatoms. The van der Waals surface area contributed by atoms with Gasteiger partial charge in [0.15, 0.2) is 5.78 Å². The highest BCUT2D eigenvalue weighted by molar-refractivity contribution is 6.43. The van der Waals surface area contributed by atoms with Crippen molar-refractivity contribution in [3.8, 4) is 0 Å². The molecule has 0 amide bonds. The lowest BCUT2D eigenvalue weighted by Gasteiger charge is -2.38. The first-order chi connectivity index (χ1) is 10.0. The number of halogens is 2. The third-order valence-corrected chi connectivity index (χ3v) is 4.75. The first-order valence-electron chi connectivity index (χ1n) is 7.35. The Labute approximate surface area is 136 Å². The Morgan fingerprint density at radius 2 is 2.19 bits per heavy atom. The van der Waals surface area contributed by atoms with Crippen LogP contribution in [0.15, 0.2) is 18.2 Å².